The zero-order chi connectivity index (χ0) is 36.3. The molecular formula is C54H40. The van der Waals surface area contributed by atoms with Gasteiger partial charge in [-0.15, -0.1) is 0 Å². The normalized spacial score (nSPS) is 14.6. The predicted molar refractivity (Wildman–Crippen MR) is 230 cm³/mol. The molecule has 0 heteroatoms. The third-order valence-electron chi connectivity index (χ3n) is 12.8. The van der Waals surface area contributed by atoms with Crippen molar-refractivity contribution in [2.75, 3.05) is 0 Å². The van der Waals surface area contributed by atoms with Crippen LogP contribution in [0.5, 0.6) is 0 Å². The highest BCUT2D eigenvalue weighted by Crippen LogP contribution is 2.55. The number of benzene rings is 9. The van der Waals surface area contributed by atoms with E-state index in [1.54, 1.807) is 0 Å². The van der Waals surface area contributed by atoms with E-state index in [0.29, 0.717) is 0 Å². The minimum absolute atomic E-state index is 0.0557. The fraction of sp³-hybridized carbons (Fsp3) is 0.111. The quantitative estimate of drug-likeness (QED) is 0.162. The van der Waals surface area contributed by atoms with E-state index in [1.807, 2.05) is 0 Å². The smallest absolute Gasteiger partial charge is 0.0165 e. The summed E-state index contributed by atoms with van der Waals surface area (Å²) >= 11 is 0. The second kappa shape index (κ2) is 11.1. The Kier molecular flexibility index (Phi) is 6.46. The first kappa shape index (κ1) is 31.3. The van der Waals surface area contributed by atoms with Crippen LogP contribution in [-0.2, 0) is 10.8 Å². The van der Waals surface area contributed by atoms with Crippen molar-refractivity contribution < 1.29 is 0 Å². The molecule has 0 spiro atoms. The van der Waals surface area contributed by atoms with Gasteiger partial charge in [0.1, 0.15) is 0 Å². The first-order valence-electron chi connectivity index (χ1n) is 19.3. The summed E-state index contributed by atoms with van der Waals surface area (Å²) in [4.78, 5) is 0. The van der Waals surface area contributed by atoms with E-state index in [-0.39, 0.29) is 10.8 Å². The van der Waals surface area contributed by atoms with Crippen LogP contribution in [0.15, 0.2) is 170 Å². The molecule has 0 saturated carbocycles. The highest BCUT2D eigenvalue weighted by atomic mass is 14.4. The highest BCUT2D eigenvalue weighted by Gasteiger charge is 2.39. The Morgan fingerprint density at radius 2 is 0.815 bits per heavy atom. The molecule has 11 rings (SSSR count). The standard InChI is InChI=1S/C54H40/c1-53(2)46-23-12-11-16-39(46)40-30-28-36(32-48(40)53)50-43-19-9-7-17-41(43)49(42-18-8-10-20-44(42)50)35-26-24-34(25-27-35)38-21-13-22-45-51-37-15-6-5-14-33(37)29-31-47(51)54(3,4)52(38)45/h5-32H,1-4H3. The lowest BCUT2D eigenvalue weighted by atomic mass is 9.78. The van der Waals surface area contributed by atoms with Crippen molar-refractivity contribution in [1.29, 1.82) is 0 Å². The summed E-state index contributed by atoms with van der Waals surface area (Å²) in [7, 11) is 0. The minimum Gasteiger partial charge on any atom is -0.0619 e. The van der Waals surface area contributed by atoms with Crippen LogP contribution in [0.3, 0.4) is 0 Å². The number of hydrogen-bond acceptors (Lipinski definition) is 0. The molecule has 0 N–H and O–H groups in total. The molecule has 2 aliphatic rings. The van der Waals surface area contributed by atoms with Gasteiger partial charge in [-0.3, -0.25) is 0 Å². The lowest BCUT2D eigenvalue weighted by molar-refractivity contribution is 0.660. The Bertz CT molecular complexity index is 2970. The Labute approximate surface area is 317 Å². The van der Waals surface area contributed by atoms with Crippen molar-refractivity contribution in [1.82, 2.24) is 0 Å². The Balaban J connectivity index is 1.07. The molecule has 0 aromatic heterocycles. The van der Waals surface area contributed by atoms with Gasteiger partial charge >= 0.3 is 0 Å². The molecule has 2 aliphatic carbocycles. The van der Waals surface area contributed by atoms with Gasteiger partial charge in [-0.2, -0.15) is 0 Å². The van der Waals surface area contributed by atoms with Crippen molar-refractivity contribution in [3.63, 3.8) is 0 Å². The molecule has 0 atom stereocenters. The molecule has 9 aromatic rings. The summed E-state index contributed by atoms with van der Waals surface area (Å²) in [5.41, 5.74) is 18.6. The molecule has 9 aromatic carbocycles. The van der Waals surface area contributed by atoms with Crippen molar-refractivity contribution >= 4 is 32.3 Å². The molecule has 0 radical (unpaired) electrons. The fourth-order valence-corrected chi connectivity index (χ4v) is 10.3. The van der Waals surface area contributed by atoms with Gasteiger partial charge < -0.3 is 0 Å². The predicted octanol–water partition coefficient (Wildman–Crippen LogP) is 14.8. The van der Waals surface area contributed by atoms with E-state index < -0.39 is 0 Å². The molecule has 0 saturated heterocycles. The third-order valence-corrected chi connectivity index (χ3v) is 12.8. The van der Waals surface area contributed by atoms with Crippen LogP contribution in [-0.4, -0.2) is 0 Å². The molecule has 0 heterocycles. The van der Waals surface area contributed by atoms with Crippen LogP contribution in [0, 0.1) is 0 Å². The van der Waals surface area contributed by atoms with Gasteiger partial charge in [-0.25, -0.2) is 0 Å². The largest absolute Gasteiger partial charge is 0.0619 e. The average molecular weight is 689 g/mol. The van der Waals surface area contributed by atoms with E-state index in [1.165, 1.54) is 110 Å². The first-order valence-corrected chi connectivity index (χ1v) is 19.3. The fourth-order valence-electron chi connectivity index (χ4n) is 10.3. The second-order valence-electron chi connectivity index (χ2n) is 16.4. The van der Waals surface area contributed by atoms with Crippen LogP contribution in [0.25, 0.3) is 88.0 Å². The molecule has 0 nitrogen and oxygen atoms in total. The molecule has 0 fully saturated rings. The van der Waals surface area contributed by atoms with Gasteiger partial charge in [0.2, 0.25) is 0 Å². The molecule has 0 aliphatic heterocycles. The Hall–Kier alpha value is -6.24. The molecule has 256 valence electrons. The molecular weight excluding hydrogens is 649 g/mol. The molecule has 0 bridgehead atoms. The maximum atomic E-state index is 2.47. The van der Waals surface area contributed by atoms with Gasteiger partial charge in [-0.1, -0.05) is 191 Å². The second-order valence-corrected chi connectivity index (χ2v) is 16.4. The van der Waals surface area contributed by atoms with E-state index in [0.717, 1.165) is 0 Å². The van der Waals surface area contributed by atoms with Gasteiger partial charge in [0.25, 0.3) is 0 Å². The monoisotopic (exact) mass is 688 g/mol. The summed E-state index contributed by atoms with van der Waals surface area (Å²) < 4.78 is 0. The maximum Gasteiger partial charge on any atom is 0.0165 e. The van der Waals surface area contributed by atoms with Gasteiger partial charge in [0, 0.05) is 10.8 Å². The summed E-state index contributed by atoms with van der Waals surface area (Å²) in [6.45, 7) is 9.53. The lowest BCUT2D eigenvalue weighted by Crippen LogP contribution is -2.16. The lowest BCUT2D eigenvalue weighted by Gasteiger charge is -2.25. The maximum absolute atomic E-state index is 2.47. The minimum atomic E-state index is -0.109. The van der Waals surface area contributed by atoms with Crippen molar-refractivity contribution in [2.45, 2.75) is 38.5 Å². The Morgan fingerprint density at radius 3 is 1.52 bits per heavy atom. The van der Waals surface area contributed by atoms with Crippen molar-refractivity contribution in [2.24, 2.45) is 0 Å². The van der Waals surface area contributed by atoms with E-state index >= 15 is 0 Å². The van der Waals surface area contributed by atoms with Crippen LogP contribution in [0.1, 0.15) is 49.9 Å². The summed E-state index contributed by atoms with van der Waals surface area (Å²) in [6.07, 6.45) is 0. The zero-order valence-electron chi connectivity index (χ0n) is 31.2. The molecule has 0 unspecified atom stereocenters. The van der Waals surface area contributed by atoms with Crippen molar-refractivity contribution in [3.05, 3.63) is 192 Å². The van der Waals surface area contributed by atoms with E-state index in [4.69, 9.17) is 0 Å². The Morgan fingerprint density at radius 1 is 0.296 bits per heavy atom. The van der Waals surface area contributed by atoms with E-state index in [9.17, 15) is 0 Å². The summed E-state index contributed by atoms with van der Waals surface area (Å²) in [6, 6.07) is 63.9. The van der Waals surface area contributed by atoms with Crippen LogP contribution >= 0.6 is 0 Å². The SMILES string of the molecule is CC1(C)c2ccccc2-c2ccc(-c3c4ccccc4c(-c4ccc(-c5cccc6c5C(C)(C)c5ccc7ccccc7c5-6)cc4)c4ccccc34)cc21. The highest BCUT2D eigenvalue weighted by molar-refractivity contribution is 6.21. The van der Waals surface area contributed by atoms with Crippen LogP contribution in [0.4, 0.5) is 0 Å². The zero-order valence-corrected chi connectivity index (χ0v) is 31.2. The topological polar surface area (TPSA) is 0 Å². The summed E-state index contributed by atoms with van der Waals surface area (Å²) in [5, 5.41) is 7.78. The van der Waals surface area contributed by atoms with E-state index in [2.05, 4.69) is 198 Å². The first-order chi connectivity index (χ1) is 26.3. The van der Waals surface area contributed by atoms with Gasteiger partial charge in [0.15, 0.2) is 0 Å². The van der Waals surface area contributed by atoms with Crippen LogP contribution < -0.4 is 0 Å². The van der Waals surface area contributed by atoms with Gasteiger partial charge in [0.05, 0.1) is 0 Å². The van der Waals surface area contributed by atoms with Gasteiger partial charge in [-0.05, 0) is 116 Å². The summed E-state index contributed by atoms with van der Waals surface area (Å²) in [5.74, 6) is 0. The number of fused-ring (bicyclic) bond motifs is 10. The van der Waals surface area contributed by atoms with Crippen LogP contribution in [0.2, 0.25) is 0 Å². The number of hydrogen-bond donors (Lipinski definition) is 0. The molecule has 0 amide bonds. The number of rotatable bonds is 3. The average Bonchev–Trinajstić information content (AvgIpc) is 3.59. The van der Waals surface area contributed by atoms with Crippen molar-refractivity contribution in [3.8, 4) is 55.6 Å². The third kappa shape index (κ3) is 4.20. The molecule has 54 heavy (non-hydrogen) atoms.